The van der Waals surface area contributed by atoms with Gasteiger partial charge in [-0.05, 0) is 48.2 Å². The van der Waals surface area contributed by atoms with E-state index in [0.717, 1.165) is 16.9 Å². The van der Waals surface area contributed by atoms with E-state index >= 15 is 0 Å². The van der Waals surface area contributed by atoms with Gasteiger partial charge in [-0.2, -0.15) is 0 Å². The number of hydrogen-bond donors (Lipinski definition) is 0. The minimum absolute atomic E-state index is 0.0204. The van der Waals surface area contributed by atoms with Crippen LogP contribution in [0.3, 0.4) is 0 Å². The van der Waals surface area contributed by atoms with Gasteiger partial charge in [0.2, 0.25) is 0 Å². The van der Waals surface area contributed by atoms with Crippen LogP contribution in [0.2, 0.25) is 0 Å². The fourth-order valence-electron chi connectivity index (χ4n) is 2.71. The third-order valence-corrected chi connectivity index (χ3v) is 4.93. The van der Waals surface area contributed by atoms with E-state index < -0.39 is 0 Å². The lowest BCUT2D eigenvalue weighted by Gasteiger charge is -2.15. The number of benzene rings is 1. The van der Waals surface area contributed by atoms with Crippen molar-refractivity contribution in [1.82, 2.24) is 15.2 Å². The van der Waals surface area contributed by atoms with Crippen LogP contribution in [-0.2, 0) is 0 Å². The number of thioether (sulfide) groups is 1. The Morgan fingerprint density at radius 3 is 2.74 bits per heavy atom. The number of aryl methyl sites for hydroxylation is 1. The Morgan fingerprint density at radius 2 is 2.07 bits per heavy atom. The Morgan fingerprint density at radius 1 is 1.26 bits per heavy atom. The first-order valence-electron chi connectivity index (χ1n) is 8.59. The molecule has 0 fully saturated rings. The van der Waals surface area contributed by atoms with E-state index in [1.54, 1.807) is 19.4 Å². The smallest absolute Gasteiger partial charge is 0.277 e. The first kappa shape index (κ1) is 19.1. The van der Waals surface area contributed by atoms with Crippen molar-refractivity contribution in [3.05, 3.63) is 53.2 Å². The zero-order chi connectivity index (χ0) is 19.4. The molecule has 27 heavy (non-hydrogen) atoms. The molecule has 0 spiro atoms. The standard InChI is InChI=1S/C20H21N3O3S/c1-12(2)14-10-18(25-4)13(3)9-15(14)17(24)11-27-20-23-22-19(26-20)16-7-5-6-8-21-16/h5-10,12H,11H2,1-4H3. The molecule has 0 aliphatic rings. The van der Waals surface area contributed by atoms with Crippen LogP contribution in [0.5, 0.6) is 5.75 Å². The summed E-state index contributed by atoms with van der Waals surface area (Å²) in [5.74, 6) is 1.58. The maximum atomic E-state index is 12.8. The van der Waals surface area contributed by atoms with Crippen molar-refractivity contribution in [2.75, 3.05) is 12.9 Å². The van der Waals surface area contributed by atoms with E-state index in [1.165, 1.54) is 11.8 Å². The highest BCUT2D eigenvalue weighted by atomic mass is 32.2. The molecule has 0 amide bonds. The Kier molecular flexibility index (Phi) is 5.91. The van der Waals surface area contributed by atoms with Crippen molar-refractivity contribution < 1.29 is 13.9 Å². The summed E-state index contributed by atoms with van der Waals surface area (Å²) in [7, 11) is 1.64. The molecule has 1 aromatic carbocycles. The van der Waals surface area contributed by atoms with Crippen LogP contribution in [0.15, 0.2) is 46.2 Å². The quantitative estimate of drug-likeness (QED) is 0.437. The number of rotatable bonds is 7. The number of ketones is 1. The lowest BCUT2D eigenvalue weighted by molar-refractivity contribution is 0.102. The molecule has 0 aliphatic carbocycles. The molecule has 0 radical (unpaired) electrons. The lowest BCUT2D eigenvalue weighted by Crippen LogP contribution is -2.09. The van der Waals surface area contributed by atoms with Gasteiger partial charge in [0.15, 0.2) is 5.78 Å². The molecule has 6 nitrogen and oxygen atoms in total. The molecule has 0 bridgehead atoms. The molecule has 2 aromatic heterocycles. The SMILES string of the molecule is COc1cc(C(C)C)c(C(=O)CSc2nnc(-c3ccccn3)o2)cc1C. The number of pyridine rings is 1. The molecule has 0 saturated heterocycles. The summed E-state index contributed by atoms with van der Waals surface area (Å²) in [5.41, 5.74) is 3.23. The second-order valence-corrected chi connectivity index (χ2v) is 7.29. The molecule has 0 atom stereocenters. The van der Waals surface area contributed by atoms with Gasteiger partial charge in [-0.1, -0.05) is 31.7 Å². The van der Waals surface area contributed by atoms with Gasteiger partial charge in [0, 0.05) is 11.8 Å². The highest BCUT2D eigenvalue weighted by Crippen LogP contribution is 2.30. The largest absolute Gasteiger partial charge is 0.496 e. The monoisotopic (exact) mass is 383 g/mol. The zero-order valence-corrected chi connectivity index (χ0v) is 16.5. The lowest BCUT2D eigenvalue weighted by atomic mass is 9.93. The topological polar surface area (TPSA) is 78.1 Å². The summed E-state index contributed by atoms with van der Waals surface area (Å²) < 4.78 is 11.0. The van der Waals surface area contributed by atoms with E-state index in [-0.39, 0.29) is 17.5 Å². The molecule has 0 aliphatic heterocycles. The second kappa shape index (κ2) is 8.35. The van der Waals surface area contributed by atoms with Crippen molar-refractivity contribution in [2.24, 2.45) is 0 Å². The predicted octanol–water partition coefficient (Wildman–Crippen LogP) is 4.55. The molecule has 0 saturated carbocycles. The van der Waals surface area contributed by atoms with Gasteiger partial charge in [-0.3, -0.25) is 9.78 Å². The highest BCUT2D eigenvalue weighted by molar-refractivity contribution is 7.99. The molecule has 140 valence electrons. The van der Waals surface area contributed by atoms with Gasteiger partial charge in [0.25, 0.3) is 11.1 Å². The van der Waals surface area contributed by atoms with E-state index in [1.807, 2.05) is 31.2 Å². The normalized spacial score (nSPS) is 11.0. The molecule has 7 heteroatoms. The second-order valence-electron chi connectivity index (χ2n) is 6.36. The molecule has 0 unspecified atom stereocenters. The fourth-order valence-corrected chi connectivity index (χ4v) is 3.36. The van der Waals surface area contributed by atoms with Crippen LogP contribution < -0.4 is 4.74 Å². The van der Waals surface area contributed by atoms with Crippen LogP contribution in [0, 0.1) is 6.92 Å². The fraction of sp³-hybridized carbons (Fsp3) is 0.300. The van der Waals surface area contributed by atoms with Crippen LogP contribution in [0.25, 0.3) is 11.6 Å². The van der Waals surface area contributed by atoms with Gasteiger partial charge in [-0.15, -0.1) is 10.2 Å². The Bertz CT molecular complexity index is 939. The molecule has 2 heterocycles. The average molecular weight is 383 g/mol. The third-order valence-electron chi connectivity index (χ3n) is 4.11. The zero-order valence-electron chi connectivity index (χ0n) is 15.7. The average Bonchev–Trinajstić information content (AvgIpc) is 3.15. The molecule has 3 rings (SSSR count). The Labute approximate surface area is 162 Å². The van der Waals surface area contributed by atoms with Crippen LogP contribution >= 0.6 is 11.8 Å². The van der Waals surface area contributed by atoms with Crippen molar-refractivity contribution in [2.45, 2.75) is 31.9 Å². The number of hydrogen-bond acceptors (Lipinski definition) is 7. The first-order valence-corrected chi connectivity index (χ1v) is 9.57. The number of nitrogens with zero attached hydrogens (tertiary/aromatic N) is 3. The maximum Gasteiger partial charge on any atom is 0.277 e. The van der Waals surface area contributed by atoms with Crippen LogP contribution in [0.1, 0.15) is 41.3 Å². The Balaban J connectivity index is 1.75. The van der Waals surface area contributed by atoms with E-state index in [0.29, 0.717) is 22.4 Å². The van der Waals surface area contributed by atoms with Crippen LogP contribution in [0.4, 0.5) is 0 Å². The predicted molar refractivity (Wildman–Crippen MR) is 104 cm³/mol. The first-order chi connectivity index (χ1) is 13.0. The van der Waals surface area contributed by atoms with Gasteiger partial charge in [0.05, 0.1) is 12.9 Å². The number of ether oxygens (including phenoxy) is 1. The van der Waals surface area contributed by atoms with Crippen LogP contribution in [-0.4, -0.2) is 33.8 Å². The molecular weight excluding hydrogens is 362 g/mol. The molecular formula is C20H21N3O3S. The minimum atomic E-state index is 0.0204. The number of aromatic nitrogens is 3. The van der Waals surface area contributed by atoms with E-state index in [2.05, 4.69) is 29.0 Å². The number of carbonyl (C=O) groups excluding carboxylic acids is 1. The third kappa shape index (κ3) is 4.36. The van der Waals surface area contributed by atoms with Gasteiger partial charge >= 0.3 is 0 Å². The van der Waals surface area contributed by atoms with E-state index in [4.69, 9.17) is 9.15 Å². The van der Waals surface area contributed by atoms with Crippen molar-refractivity contribution in [3.8, 4) is 17.3 Å². The van der Waals surface area contributed by atoms with Gasteiger partial charge in [-0.25, -0.2) is 0 Å². The number of carbonyl (C=O) groups is 1. The summed E-state index contributed by atoms with van der Waals surface area (Å²) in [6, 6.07) is 9.30. The summed E-state index contributed by atoms with van der Waals surface area (Å²) in [6.07, 6.45) is 1.66. The summed E-state index contributed by atoms with van der Waals surface area (Å²) in [4.78, 5) is 17.0. The van der Waals surface area contributed by atoms with Gasteiger partial charge < -0.3 is 9.15 Å². The molecule has 0 N–H and O–H groups in total. The minimum Gasteiger partial charge on any atom is -0.496 e. The number of methoxy groups -OCH3 is 1. The van der Waals surface area contributed by atoms with Crippen molar-refractivity contribution >= 4 is 17.5 Å². The van der Waals surface area contributed by atoms with Crippen molar-refractivity contribution in [3.63, 3.8) is 0 Å². The summed E-state index contributed by atoms with van der Waals surface area (Å²) in [5, 5.41) is 8.33. The van der Waals surface area contributed by atoms with Gasteiger partial charge in [0.1, 0.15) is 11.4 Å². The maximum absolute atomic E-state index is 12.8. The number of Topliss-reactive ketones (excluding diaryl/α,β-unsaturated/α-hetero) is 1. The van der Waals surface area contributed by atoms with E-state index in [9.17, 15) is 4.79 Å². The highest BCUT2D eigenvalue weighted by Gasteiger charge is 2.18. The Hall–Kier alpha value is -2.67. The molecule has 3 aromatic rings. The van der Waals surface area contributed by atoms with Crippen molar-refractivity contribution in [1.29, 1.82) is 0 Å². The summed E-state index contributed by atoms with van der Waals surface area (Å²) >= 11 is 1.23. The summed E-state index contributed by atoms with van der Waals surface area (Å²) in [6.45, 7) is 6.06.